The molecule has 5 heteroatoms. The summed E-state index contributed by atoms with van der Waals surface area (Å²) >= 11 is 0. The Morgan fingerprint density at radius 2 is 1.26 bits per heavy atom. The van der Waals surface area contributed by atoms with Crippen molar-refractivity contribution < 1.29 is 41.5 Å². The molecule has 0 aliphatic heterocycles. The van der Waals surface area contributed by atoms with Gasteiger partial charge in [0.25, 0.3) is 12.9 Å². The minimum atomic E-state index is -0.250. The molecule has 0 aromatic rings. The fourth-order valence-electron chi connectivity index (χ4n) is 1.51. The van der Waals surface area contributed by atoms with Crippen LogP contribution in [-0.4, -0.2) is 23.2 Å². The molecule has 0 amide bonds. The first-order valence-electron chi connectivity index (χ1n) is 5.46. The minimum Gasteiger partial charge on any atom is -0.483 e. The van der Waals surface area contributed by atoms with E-state index in [2.05, 4.69) is 36.5 Å². The van der Waals surface area contributed by atoms with E-state index in [1.54, 1.807) is 0 Å². The maximum atomic E-state index is 8.36. The van der Waals surface area contributed by atoms with Crippen LogP contribution in [0.5, 0.6) is 0 Å². The van der Waals surface area contributed by atoms with E-state index in [1.165, 1.54) is 11.1 Å². The summed E-state index contributed by atoms with van der Waals surface area (Å²) in [5.74, 6) is 0. The molecule has 0 heterocycles. The van der Waals surface area contributed by atoms with Crippen LogP contribution in [0.15, 0.2) is 35.5 Å². The van der Waals surface area contributed by atoms with E-state index in [4.69, 9.17) is 19.8 Å². The first kappa shape index (κ1) is 19.9. The van der Waals surface area contributed by atoms with Gasteiger partial charge in [-0.25, -0.2) is 23.3 Å². The molecule has 2 rings (SSSR count). The van der Waals surface area contributed by atoms with Gasteiger partial charge >= 0.3 is 21.7 Å². The SMILES string of the molecule is O=CO.O=CO.[C-]1=C(CCC2=[C-]CC=C2)C=CC1.[Ti+2]. The van der Waals surface area contributed by atoms with E-state index in [0.29, 0.717) is 0 Å². The third kappa shape index (κ3) is 11.4. The van der Waals surface area contributed by atoms with Crippen molar-refractivity contribution in [3.8, 4) is 0 Å². The zero-order valence-electron chi connectivity index (χ0n) is 10.5. The van der Waals surface area contributed by atoms with Crippen molar-refractivity contribution in [3.63, 3.8) is 0 Å². The van der Waals surface area contributed by atoms with Crippen LogP contribution in [0.2, 0.25) is 0 Å². The van der Waals surface area contributed by atoms with E-state index in [-0.39, 0.29) is 34.7 Å². The molecule has 0 saturated heterocycles. The van der Waals surface area contributed by atoms with Gasteiger partial charge in [0, 0.05) is 0 Å². The summed E-state index contributed by atoms with van der Waals surface area (Å²) in [6, 6.07) is 0. The van der Waals surface area contributed by atoms with Crippen molar-refractivity contribution in [3.05, 3.63) is 47.6 Å². The Balaban J connectivity index is 0. The molecule has 0 radical (unpaired) electrons. The Morgan fingerprint density at radius 3 is 1.47 bits per heavy atom. The molecule has 0 bridgehead atoms. The largest absolute Gasteiger partial charge is 2.00 e. The van der Waals surface area contributed by atoms with E-state index >= 15 is 0 Å². The molecule has 2 N–H and O–H groups in total. The van der Waals surface area contributed by atoms with Crippen molar-refractivity contribution in [2.24, 2.45) is 0 Å². The van der Waals surface area contributed by atoms with Crippen LogP contribution in [0.3, 0.4) is 0 Å². The molecule has 0 aromatic heterocycles. The average molecular weight is 296 g/mol. The Morgan fingerprint density at radius 1 is 0.947 bits per heavy atom. The minimum absolute atomic E-state index is 0. The molecular weight excluding hydrogens is 280 g/mol. The zero-order chi connectivity index (χ0) is 13.6. The van der Waals surface area contributed by atoms with E-state index in [0.717, 1.165) is 25.7 Å². The molecule has 2 aliphatic carbocycles. The van der Waals surface area contributed by atoms with E-state index in [9.17, 15) is 0 Å². The second-order valence-corrected chi connectivity index (χ2v) is 3.33. The Labute approximate surface area is 128 Å². The Hall–Kier alpha value is -1.39. The van der Waals surface area contributed by atoms with Gasteiger partial charge in [-0.05, 0) is 0 Å². The van der Waals surface area contributed by atoms with Crippen LogP contribution >= 0.6 is 0 Å². The number of carboxylic acid groups (broad SMARTS) is 2. The Bertz CT molecular complexity index is 332. The van der Waals surface area contributed by atoms with Crippen LogP contribution in [0.4, 0.5) is 0 Å². The van der Waals surface area contributed by atoms with Crippen molar-refractivity contribution >= 4 is 12.9 Å². The van der Waals surface area contributed by atoms with Crippen LogP contribution in [0.25, 0.3) is 0 Å². The molecule has 0 saturated carbocycles. The van der Waals surface area contributed by atoms with E-state index in [1.807, 2.05) is 0 Å². The summed E-state index contributed by atoms with van der Waals surface area (Å²) < 4.78 is 0. The maximum absolute atomic E-state index is 8.36. The van der Waals surface area contributed by atoms with Crippen LogP contribution in [0, 0.1) is 12.2 Å². The molecule has 100 valence electrons. The predicted octanol–water partition coefficient (Wildman–Crippen LogP) is 2.54. The van der Waals surface area contributed by atoms with Gasteiger partial charge in [0.15, 0.2) is 0 Å². The fraction of sp³-hybridized carbons (Fsp3) is 0.286. The second kappa shape index (κ2) is 14.7. The second-order valence-electron chi connectivity index (χ2n) is 3.33. The number of allylic oxidation sites excluding steroid dienone is 8. The van der Waals surface area contributed by atoms with Crippen LogP contribution < -0.4 is 0 Å². The zero-order valence-corrected chi connectivity index (χ0v) is 12.1. The van der Waals surface area contributed by atoms with Crippen LogP contribution in [-0.2, 0) is 31.3 Å². The third-order valence-corrected chi connectivity index (χ3v) is 2.20. The molecule has 0 unspecified atom stereocenters. The van der Waals surface area contributed by atoms with Gasteiger partial charge in [0.1, 0.15) is 0 Å². The van der Waals surface area contributed by atoms with Crippen molar-refractivity contribution in [1.29, 1.82) is 0 Å². The number of rotatable bonds is 3. The van der Waals surface area contributed by atoms with Gasteiger partial charge in [-0.1, -0.05) is 12.8 Å². The number of hydrogen-bond acceptors (Lipinski definition) is 2. The van der Waals surface area contributed by atoms with Gasteiger partial charge in [-0.2, -0.15) is 12.2 Å². The summed E-state index contributed by atoms with van der Waals surface area (Å²) in [6.07, 6.45) is 19.6. The average Bonchev–Trinajstić information content (AvgIpc) is 3.02. The summed E-state index contributed by atoms with van der Waals surface area (Å²) in [7, 11) is 0. The van der Waals surface area contributed by atoms with Crippen LogP contribution in [0.1, 0.15) is 25.7 Å². The fourth-order valence-corrected chi connectivity index (χ4v) is 1.51. The monoisotopic (exact) mass is 296 g/mol. The Kier molecular flexibility index (Phi) is 15.4. The first-order chi connectivity index (χ1) is 8.78. The topological polar surface area (TPSA) is 74.6 Å². The number of hydrogen-bond donors (Lipinski definition) is 2. The summed E-state index contributed by atoms with van der Waals surface area (Å²) in [4.78, 5) is 16.7. The molecular formula is C14H16O4Ti. The molecule has 0 aromatic carbocycles. The standard InChI is InChI=1S/C12H12.2CH2O2.Ti/c1-2-6-11(5-1)9-10-12-7-3-4-8-12;2*2-1-3;/h1,3,5,7H,2,4,9-10H2;2*1H,(H,2,3);/q-2;;;+2. The maximum Gasteiger partial charge on any atom is 2.00 e. The molecule has 19 heavy (non-hydrogen) atoms. The quantitative estimate of drug-likeness (QED) is 0.477. The summed E-state index contributed by atoms with van der Waals surface area (Å²) in [5, 5.41) is 13.8. The van der Waals surface area contributed by atoms with Crippen molar-refractivity contribution in [2.75, 3.05) is 0 Å². The molecule has 0 atom stereocenters. The van der Waals surface area contributed by atoms with Gasteiger partial charge in [-0.3, -0.25) is 21.7 Å². The molecule has 0 spiro atoms. The van der Waals surface area contributed by atoms with Gasteiger partial charge in [0.2, 0.25) is 0 Å². The molecule has 2 aliphatic rings. The third-order valence-electron chi connectivity index (χ3n) is 2.20. The van der Waals surface area contributed by atoms with Crippen molar-refractivity contribution in [2.45, 2.75) is 25.7 Å². The smallest absolute Gasteiger partial charge is 0.483 e. The van der Waals surface area contributed by atoms with Gasteiger partial charge < -0.3 is 10.2 Å². The normalized spacial score (nSPS) is 13.9. The summed E-state index contributed by atoms with van der Waals surface area (Å²) in [6.45, 7) is -0.500. The molecule has 0 fully saturated rings. The summed E-state index contributed by atoms with van der Waals surface area (Å²) in [5.41, 5.74) is 2.73. The van der Waals surface area contributed by atoms with Gasteiger partial charge in [-0.15, -0.1) is 12.8 Å². The molecule has 4 nitrogen and oxygen atoms in total. The predicted molar refractivity (Wildman–Crippen MR) is 67.6 cm³/mol. The van der Waals surface area contributed by atoms with E-state index < -0.39 is 0 Å². The van der Waals surface area contributed by atoms with Crippen molar-refractivity contribution in [1.82, 2.24) is 0 Å². The first-order valence-corrected chi connectivity index (χ1v) is 5.46. The number of carbonyl (C=O) groups is 2. The van der Waals surface area contributed by atoms with Gasteiger partial charge in [0.05, 0.1) is 0 Å².